The zero-order chi connectivity index (χ0) is 13.8. The fourth-order valence-corrected chi connectivity index (χ4v) is 1.45. The molecule has 0 N–H and O–H groups in total. The van der Waals surface area contributed by atoms with Gasteiger partial charge in [0.05, 0.1) is 19.9 Å². The molecule has 0 aliphatic heterocycles. The van der Waals surface area contributed by atoms with E-state index < -0.39 is 11.9 Å². The third-order valence-corrected chi connectivity index (χ3v) is 2.36. The maximum Gasteiger partial charge on any atom is 0.361 e. The van der Waals surface area contributed by atoms with Crippen LogP contribution in [0.5, 0.6) is 0 Å². The van der Waals surface area contributed by atoms with Crippen LogP contribution >= 0.6 is 0 Å². The molecule has 2 aromatic rings. The quantitative estimate of drug-likeness (QED) is 0.761. The monoisotopic (exact) mass is 261 g/mol. The molecule has 0 saturated carbocycles. The first-order valence-electron chi connectivity index (χ1n) is 5.36. The van der Waals surface area contributed by atoms with Gasteiger partial charge in [-0.25, -0.2) is 9.59 Å². The fraction of sp³-hybridized carbons (Fsp3) is 0.167. The van der Waals surface area contributed by atoms with Gasteiger partial charge in [-0.05, 0) is 12.1 Å². The van der Waals surface area contributed by atoms with Gasteiger partial charge in [-0.1, -0.05) is 18.2 Å². The van der Waals surface area contributed by atoms with E-state index in [0.717, 1.165) is 0 Å². The second-order valence-corrected chi connectivity index (χ2v) is 3.51. The Balaban J connectivity index is 2.52. The van der Waals surface area contributed by atoms with E-state index in [0.29, 0.717) is 5.69 Å². The lowest BCUT2D eigenvalue weighted by Crippen LogP contribution is -2.11. The smallest absolute Gasteiger partial charge is 0.361 e. The van der Waals surface area contributed by atoms with Gasteiger partial charge in [0, 0.05) is 0 Å². The van der Waals surface area contributed by atoms with E-state index in [1.807, 2.05) is 6.07 Å². The van der Waals surface area contributed by atoms with Gasteiger partial charge in [0.1, 0.15) is 0 Å². The number of esters is 2. The molecule has 7 nitrogen and oxygen atoms in total. The first kappa shape index (κ1) is 12.7. The minimum absolute atomic E-state index is 0.182. The van der Waals surface area contributed by atoms with Crippen molar-refractivity contribution in [3.8, 4) is 5.69 Å². The summed E-state index contributed by atoms with van der Waals surface area (Å²) in [4.78, 5) is 24.3. The van der Waals surface area contributed by atoms with Gasteiger partial charge in [0.25, 0.3) is 0 Å². The number of hydrogen-bond acceptors (Lipinski definition) is 6. The molecule has 0 fully saturated rings. The van der Waals surface area contributed by atoms with Crippen molar-refractivity contribution in [1.29, 1.82) is 0 Å². The Morgan fingerprint density at radius 1 is 0.947 bits per heavy atom. The van der Waals surface area contributed by atoms with Crippen molar-refractivity contribution in [2.24, 2.45) is 0 Å². The number of carbonyl (C=O) groups excluding carboxylic acids is 2. The molecule has 0 unspecified atom stereocenters. The molecular weight excluding hydrogens is 250 g/mol. The standard InChI is InChI=1S/C12H11N3O4/c1-18-11(16)9-10(12(17)19-2)14-15(13-9)8-6-4-3-5-7-8/h3-7H,1-2H3. The van der Waals surface area contributed by atoms with Crippen LogP contribution in [0.25, 0.3) is 5.69 Å². The van der Waals surface area contributed by atoms with Gasteiger partial charge in [0.15, 0.2) is 0 Å². The van der Waals surface area contributed by atoms with E-state index in [4.69, 9.17) is 0 Å². The van der Waals surface area contributed by atoms with Gasteiger partial charge in [-0.15, -0.1) is 15.0 Å². The highest BCUT2D eigenvalue weighted by Gasteiger charge is 2.25. The van der Waals surface area contributed by atoms with Gasteiger partial charge in [0.2, 0.25) is 11.4 Å². The Bertz CT molecular complexity index is 573. The summed E-state index contributed by atoms with van der Waals surface area (Å²) in [7, 11) is 2.40. The Hall–Kier alpha value is -2.70. The number of aromatic nitrogens is 3. The maximum atomic E-state index is 11.6. The summed E-state index contributed by atoms with van der Waals surface area (Å²) in [5, 5.41) is 7.90. The molecule has 19 heavy (non-hydrogen) atoms. The summed E-state index contributed by atoms with van der Waals surface area (Å²) < 4.78 is 9.12. The second kappa shape index (κ2) is 5.30. The summed E-state index contributed by atoms with van der Waals surface area (Å²) in [6, 6.07) is 8.88. The van der Waals surface area contributed by atoms with Crippen LogP contribution in [0.3, 0.4) is 0 Å². The van der Waals surface area contributed by atoms with Crippen molar-refractivity contribution in [3.05, 3.63) is 41.7 Å². The zero-order valence-electron chi connectivity index (χ0n) is 10.4. The largest absolute Gasteiger partial charge is 0.464 e. The van der Waals surface area contributed by atoms with E-state index in [1.165, 1.54) is 19.0 Å². The molecule has 1 heterocycles. The van der Waals surface area contributed by atoms with Crippen molar-refractivity contribution >= 4 is 11.9 Å². The molecule has 0 atom stereocenters. The molecule has 7 heteroatoms. The Morgan fingerprint density at radius 3 is 1.84 bits per heavy atom. The highest BCUT2D eigenvalue weighted by molar-refractivity contribution is 6.00. The van der Waals surface area contributed by atoms with E-state index >= 15 is 0 Å². The number of hydrogen-bond donors (Lipinski definition) is 0. The number of methoxy groups -OCH3 is 2. The molecule has 0 bridgehead atoms. The molecule has 98 valence electrons. The Labute approximate surface area is 108 Å². The number of nitrogens with zero attached hydrogens (tertiary/aromatic N) is 3. The van der Waals surface area contributed by atoms with Crippen LogP contribution < -0.4 is 0 Å². The predicted octanol–water partition coefficient (Wildman–Crippen LogP) is 0.840. The Morgan fingerprint density at radius 2 is 1.42 bits per heavy atom. The van der Waals surface area contributed by atoms with Gasteiger partial charge in [-0.3, -0.25) is 0 Å². The van der Waals surface area contributed by atoms with Crippen LogP contribution in [-0.2, 0) is 9.47 Å². The van der Waals surface area contributed by atoms with Crippen molar-refractivity contribution in [3.63, 3.8) is 0 Å². The van der Waals surface area contributed by atoms with Crippen LogP contribution in [0.15, 0.2) is 30.3 Å². The highest BCUT2D eigenvalue weighted by Crippen LogP contribution is 2.10. The average molecular weight is 261 g/mol. The number of benzene rings is 1. The van der Waals surface area contributed by atoms with Crippen molar-refractivity contribution in [2.45, 2.75) is 0 Å². The van der Waals surface area contributed by atoms with Crippen LogP contribution in [0.2, 0.25) is 0 Å². The maximum absolute atomic E-state index is 11.6. The number of rotatable bonds is 3. The zero-order valence-corrected chi connectivity index (χ0v) is 10.4. The van der Waals surface area contributed by atoms with Crippen LogP contribution in [0, 0.1) is 0 Å². The fourth-order valence-electron chi connectivity index (χ4n) is 1.45. The molecule has 0 amide bonds. The third kappa shape index (κ3) is 2.44. The van der Waals surface area contributed by atoms with E-state index in [2.05, 4.69) is 19.7 Å². The number of para-hydroxylation sites is 1. The number of ether oxygens (including phenoxy) is 2. The third-order valence-electron chi connectivity index (χ3n) is 2.36. The lowest BCUT2D eigenvalue weighted by atomic mass is 10.3. The summed E-state index contributed by atoms with van der Waals surface area (Å²) in [5.74, 6) is -1.50. The summed E-state index contributed by atoms with van der Waals surface area (Å²) >= 11 is 0. The van der Waals surface area contributed by atoms with E-state index in [-0.39, 0.29) is 11.4 Å². The summed E-state index contributed by atoms with van der Waals surface area (Å²) in [6.45, 7) is 0. The molecule has 2 rings (SSSR count). The molecule has 1 aromatic carbocycles. The second-order valence-electron chi connectivity index (χ2n) is 3.51. The number of carbonyl (C=O) groups is 2. The molecular formula is C12H11N3O4. The van der Waals surface area contributed by atoms with Gasteiger partial charge >= 0.3 is 11.9 Å². The minimum atomic E-state index is -0.748. The lowest BCUT2D eigenvalue weighted by molar-refractivity contribution is 0.0548. The SMILES string of the molecule is COC(=O)c1nn(-c2ccccc2)nc1C(=O)OC. The van der Waals surface area contributed by atoms with Crippen molar-refractivity contribution in [1.82, 2.24) is 15.0 Å². The average Bonchev–Trinajstić information content (AvgIpc) is 2.91. The molecule has 1 aromatic heterocycles. The van der Waals surface area contributed by atoms with Crippen molar-refractivity contribution in [2.75, 3.05) is 14.2 Å². The molecule has 0 radical (unpaired) electrons. The van der Waals surface area contributed by atoms with E-state index in [9.17, 15) is 9.59 Å². The van der Waals surface area contributed by atoms with Crippen molar-refractivity contribution < 1.29 is 19.1 Å². The highest BCUT2D eigenvalue weighted by atomic mass is 16.5. The lowest BCUT2D eigenvalue weighted by Gasteiger charge is -1.96. The molecule has 0 aliphatic rings. The van der Waals surface area contributed by atoms with Crippen LogP contribution in [0.1, 0.15) is 21.0 Å². The minimum Gasteiger partial charge on any atom is -0.464 e. The molecule has 0 spiro atoms. The summed E-state index contributed by atoms with van der Waals surface area (Å²) in [6.07, 6.45) is 0. The van der Waals surface area contributed by atoms with Gasteiger partial charge in [-0.2, -0.15) is 0 Å². The first-order chi connectivity index (χ1) is 9.17. The topological polar surface area (TPSA) is 83.3 Å². The normalized spacial score (nSPS) is 10.0. The Kier molecular flexibility index (Phi) is 3.56. The van der Waals surface area contributed by atoms with Gasteiger partial charge < -0.3 is 9.47 Å². The van der Waals surface area contributed by atoms with Crippen LogP contribution in [-0.4, -0.2) is 41.2 Å². The molecule has 0 saturated heterocycles. The van der Waals surface area contributed by atoms with Crippen LogP contribution in [0.4, 0.5) is 0 Å². The van der Waals surface area contributed by atoms with E-state index in [1.54, 1.807) is 24.3 Å². The molecule has 0 aliphatic carbocycles. The first-order valence-corrected chi connectivity index (χ1v) is 5.36. The predicted molar refractivity (Wildman–Crippen MR) is 64.0 cm³/mol. The summed E-state index contributed by atoms with van der Waals surface area (Å²) in [5.41, 5.74) is 0.249.